The highest BCUT2D eigenvalue weighted by Gasteiger charge is 2.30. The topological polar surface area (TPSA) is 38.8 Å². The maximum Gasteiger partial charge on any atom is 0.266 e. The molecule has 128 valence electrons. The summed E-state index contributed by atoms with van der Waals surface area (Å²) in [5, 5.41) is 0. The van der Waals surface area contributed by atoms with Gasteiger partial charge in [0.15, 0.2) is 11.5 Å². The van der Waals surface area contributed by atoms with E-state index >= 15 is 0 Å². The number of rotatable bonds is 7. The first-order chi connectivity index (χ1) is 11.5. The van der Waals surface area contributed by atoms with Crippen molar-refractivity contribution in [2.45, 2.75) is 26.4 Å². The summed E-state index contributed by atoms with van der Waals surface area (Å²) in [6.45, 7) is 8.15. The molecule has 1 atom stereocenters. The van der Waals surface area contributed by atoms with Gasteiger partial charge in [-0.05, 0) is 37.1 Å². The number of carbonyl (C=O) groups excluding carboxylic acids is 1. The van der Waals surface area contributed by atoms with Crippen LogP contribution in [0.1, 0.15) is 25.8 Å². The fourth-order valence-corrected chi connectivity index (χ4v) is 3.38. The Labute approximate surface area is 152 Å². The lowest BCUT2D eigenvalue weighted by Crippen LogP contribution is -2.27. The van der Waals surface area contributed by atoms with E-state index in [4.69, 9.17) is 21.7 Å². The normalized spacial score (nSPS) is 17.3. The molecule has 1 aliphatic rings. The van der Waals surface area contributed by atoms with Gasteiger partial charge in [0.05, 0.1) is 18.1 Å². The van der Waals surface area contributed by atoms with Gasteiger partial charge in [-0.3, -0.25) is 9.69 Å². The van der Waals surface area contributed by atoms with Crippen molar-refractivity contribution in [2.24, 2.45) is 0 Å². The van der Waals surface area contributed by atoms with Crippen LogP contribution in [0, 0.1) is 0 Å². The molecule has 6 heteroatoms. The van der Waals surface area contributed by atoms with Gasteiger partial charge < -0.3 is 9.47 Å². The number of hydrogen-bond acceptors (Lipinski definition) is 5. The molecule has 24 heavy (non-hydrogen) atoms. The van der Waals surface area contributed by atoms with E-state index in [2.05, 4.69) is 13.5 Å². The number of thiocarbonyl (C=S) groups is 1. The summed E-state index contributed by atoms with van der Waals surface area (Å²) in [5.41, 5.74) is 0.863. The summed E-state index contributed by atoms with van der Waals surface area (Å²) in [6, 6.07) is 5.62. The van der Waals surface area contributed by atoms with Crippen LogP contribution in [0.15, 0.2) is 35.8 Å². The maximum absolute atomic E-state index is 12.4. The van der Waals surface area contributed by atoms with Crippen molar-refractivity contribution in [3.8, 4) is 11.5 Å². The van der Waals surface area contributed by atoms with Gasteiger partial charge >= 0.3 is 0 Å². The zero-order valence-electron chi connectivity index (χ0n) is 14.1. The number of ether oxygens (including phenoxy) is 2. The molecule has 1 heterocycles. The fourth-order valence-electron chi connectivity index (χ4n) is 2.11. The summed E-state index contributed by atoms with van der Waals surface area (Å²) < 4.78 is 11.8. The number of hydrogen-bond donors (Lipinski definition) is 0. The molecule has 0 aliphatic carbocycles. The second kappa shape index (κ2) is 8.35. The molecular formula is C18H21NO3S2. The first-order valence-corrected chi connectivity index (χ1v) is 8.93. The monoisotopic (exact) mass is 363 g/mol. The molecule has 4 nitrogen and oxygen atoms in total. The summed E-state index contributed by atoms with van der Waals surface area (Å²) in [7, 11) is 1.60. The molecule has 0 spiro atoms. The number of carbonyl (C=O) groups is 1. The van der Waals surface area contributed by atoms with Gasteiger partial charge in [-0.15, -0.1) is 6.58 Å². The minimum absolute atomic E-state index is 0.0937. The van der Waals surface area contributed by atoms with E-state index in [9.17, 15) is 4.79 Å². The molecule has 1 aliphatic heterocycles. The van der Waals surface area contributed by atoms with Crippen molar-refractivity contribution < 1.29 is 14.3 Å². The third-order valence-electron chi connectivity index (χ3n) is 3.57. The lowest BCUT2D eigenvalue weighted by molar-refractivity contribution is -0.121. The predicted octanol–water partition coefficient (Wildman–Crippen LogP) is 4.26. The van der Waals surface area contributed by atoms with Gasteiger partial charge in [-0.2, -0.15) is 0 Å². The second-order valence-corrected chi connectivity index (χ2v) is 7.00. The van der Waals surface area contributed by atoms with Crippen LogP contribution in [0.3, 0.4) is 0 Å². The molecule has 0 unspecified atom stereocenters. The standard InChI is InChI=1S/C18H21NO3S2/c1-5-9-19-17(20)16(24-18(19)23)11-13-7-8-14(15(10-13)21-4)22-12(3)6-2/h5,7-8,10-12H,1,6,9H2,2-4H3/b16-11+/t12-/m1/s1. The zero-order valence-corrected chi connectivity index (χ0v) is 15.7. The molecule has 0 bridgehead atoms. The molecule has 0 saturated carbocycles. The van der Waals surface area contributed by atoms with Crippen molar-refractivity contribution in [3.05, 3.63) is 41.3 Å². The Morgan fingerprint density at radius 2 is 2.17 bits per heavy atom. The SMILES string of the molecule is C=CCN1C(=O)/C(=C\c2ccc(O[C@H](C)CC)c(OC)c2)SC1=S. The molecular weight excluding hydrogens is 342 g/mol. The maximum atomic E-state index is 12.4. The lowest BCUT2D eigenvalue weighted by Gasteiger charge is -2.15. The second-order valence-electron chi connectivity index (χ2n) is 5.33. The molecule has 0 aromatic heterocycles. The van der Waals surface area contributed by atoms with E-state index in [0.717, 1.165) is 12.0 Å². The third kappa shape index (κ3) is 4.19. The molecule has 1 saturated heterocycles. The Kier molecular flexibility index (Phi) is 6.45. The number of methoxy groups -OCH3 is 1. The first kappa shape index (κ1) is 18.5. The van der Waals surface area contributed by atoms with E-state index in [1.807, 2.05) is 31.2 Å². The number of benzene rings is 1. The van der Waals surface area contributed by atoms with Gasteiger partial charge in [0.2, 0.25) is 0 Å². The van der Waals surface area contributed by atoms with E-state index in [1.54, 1.807) is 13.2 Å². The van der Waals surface area contributed by atoms with Crippen LogP contribution in [0.5, 0.6) is 11.5 Å². The molecule has 0 radical (unpaired) electrons. The minimum atomic E-state index is -0.0937. The van der Waals surface area contributed by atoms with Gasteiger partial charge in [0.1, 0.15) is 4.32 Å². The van der Waals surface area contributed by atoms with E-state index in [-0.39, 0.29) is 12.0 Å². The lowest BCUT2D eigenvalue weighted by atomic mass is 10.1. The number of nitrogens with zero attached hydrogens (tertiary/aromatic N) is 1. The Balaban J connectivity index is 2.25. The molecule has 1 aromatic rings. The van der Waals surface area contributed by atoms with Crippen LogP contribution < -0.4 is 9.47 Å². The zero-order chi connectivity index (χ0) is 17.7. The van der Waals surface area contributed by atoms with Gasteiger partial charge in [-0.1, -0.05) is 43.0 Å². The van der Waals surface area contributed by atoms with Crippen molar-refractivity contribution >= 4 is 40.3 Å². The Hall–Kier alpha value is -1.79. The summed E-state index contributed by atoms with van der Waals surface area (Å²) in [6.07, 6.45) is 4.51. The van der Waals surface area contributed by atoms with Crippen LogP contribution in [-0.2, 0) is 4.79 Å². The fraction of sp³-hybridized carbons (Fsp3) is 0.333. The van der Waals surface area contributed by atoms with Crippen LogP contribution in [-0.4, -0.2) is 34.9 Å². The van der Waals surface area contributed by atoms with Crippen molar-refractivity contribution in [1.82, 2.24) is 4.90 Å². The average Bonchev–Trinajstić information content (AvgIpc) is 2.83. The number of thioether (sulfide) groups is 1. The first-order valence-electron chi connectivity index (χ1n) is 7.71. The summed E-state index contributed by atoms with van der Waals surface area (Å²) in [5.74, 6) is 1.25. The Morgan fingerprint density at radius 1 is 1.42 bits per heavy atom. The van der Waals surface area contributed by atoms with Crippen molar-refractivity contribution in [3.63, 3.8) is 0 Å². The minimum Gasteiger partial charge on any atom is -0.493 e. The van der Waals surface area contributed by atoms with Crippen LogP contribution >= 0.6 is 24.0 Å². The van der Waals surface area contributed by atoms with E-state index < -0.39 is 0 Å². The Bertz CT molecular complexity index is 685. The third-order valence-corrected chi connectivity index (χ3v) is 4.95. The number of amides is 1. The molecule has 1 aromatic carbocycles. The highest BCUT2D eigenvalue weighted by atomic mass is 32.2. The van der Waals surface area contributed by atoms with Crippen molar-refractivity contribution in [2.75, 3.05) is 13.7 Å². The van der Waals surface area contributed by atoms with Crippen LogP contribution in [0.4, 0.5) is 0 Å². The van der Waals surface area contributed by atoms with Gasteiger partial charge in [-0.25, -0.2) is 0 Å². The largest absolute Gasteiger partial charge is 0.493 e. The predicted molar refractivity (Wildman–Crippen MR) is 103 cm³/mol. The Morgan fingerprint density at radius 3 is 2.79 bits per heavy atom. The van der Waals surface area contributed by atoms with Crippen LogP contribution in [0.2, 0.25) is 0 Å². The smallest absolute Gasteiger partial charge is 0.266 e. The van der Waals surface area contributed by atoms with Gasteiger partial charge in [0, 0.05) is 6.54 Å². The highest BCUT2D eigenvalue weighted by Crippen LogP contribution is 2.35. The summed E-state index contributed by atoms with van der Waals surface area (Å²) in [4.78, 5) is 14.5. The van der Waals surface area contributed by atoms with E-state index in [0.29, 0.717) is 27.3 Å². The molecule has 1 amide bonds. The highest BCUT2D eigenvalue weighted by molar-refractivity contribution is 8.26. The molecule has 0 N–H and O–H groups in total. The van der Waals surface area contributed by atoms with E-state index in [1.165, 1.54) is 16.7 Å². The molecule has 2 rings (SSSR count). The molecule has 1 fully saturated rings. The summed E-state index contributed by atoms with van der Waals surface area (Å²) >= 11 is 6.54. The quantitative estimate of drug-likeness (QED) is 0.411. The average molecular weight is 364 g/mol. The van der Waals surface area contributed by atoms with Gasteiger partial charge in [0.25, 0.3) is 5.91 Å². The van der Waals surface area contributed by atoms with Crippen molar-refractivity contribution in [1.29, 1.82) is 0 Å². The van der Waals surface area contributed by atoms with Crippen LogP contribution in [0.25, 0.3) is 6.08 Å².